The number of likely N-dealkylation sites (tertiary alicyclic amines) is 1. The zero-order valence-corrected chi connectivity index (χ0v) is 15.1. The van der Waals surface area contributed by atoms with Crippen LogP contribution in [0.25, 0.3) is 5.65 Å². The van der Waals surface area contributed by atoms with Crippen molar-refractivity contribution < 1.29 is 9.59 Å². The molecule has 138 valence electrons. The van der Waals surface area contributed by atoms with E-state index in [1.54, 1.807) is 29.7 Å². The maximum absolute atomic E-state index is 12.9. The quantitative estimate of drug-likeness (QED) is 0.692. The standard InChI is InChI=1S/C18H19N7O2/c1-23(2)17(26)12-10-22-25-15(5-6-21-16(12)25)14-4-3-9-24(14)18(27)13-11-19-7-8-20-13/h5-8,10-11,14H,3-4,9H2,1-2H3/t14-/m1/s1. The molecule has 1 fully saturated rings. The lowest BCUT2D eigenvalue weighted by molar-refractivity contribution is 0.0724. The lowest BCUT2D eigenvalue weighted by Gasteiger charge is -2.24. The number of hydrogen-bond acceptors (Lipinski definition) is 6. The summed E-state index contributed by atoms with van der Waals surface area (Å²) in [6, 6.07) is 1.68. The van der Waals surface area contributed by atoms with Gasteiger partial charge in [-0.05, 0) is 18.9 Å². The van der Waals surface area contributed by atoms with Gasteiger partial charge in [-0.1, -0.05) is 0 Å². The van der Waals surface area contributed by atoms with Crippen LogP contribution in [0.5, 0.6) is 0 Å². The Morgan fingerprint density at radius 2 is 2.00 bits per heavy atom. The Morgan fingerprint density at radius 1 is 1.15 bits per heavy atom. The van der Waals surface area contributed by atoms with Crippen molar-refractivity contribution in [3.63, 3.8) is 0 Å². The van der Waals surface area contributed by atoms with Crippen LogP contribution in [-0.4, -0.2) is 66.8 Å². The minimum atomic E-state index is -0.160. The van der Waals surface area contributed by atoms with Crippen molar-refractivity contribution in [3.05, 3.63) is 54.0 Å². The van der Waals surface area contributed by atoms with E-state index in [4.69, 9.17) is 0 Å². The average molecular weight is 365 g/mol. The monoisotopic (exact) mass is 365 g/mol. The molecule has 9 heteroatoms. The molecule has 1 saturated heterocycles. The summed E-state index contributed by atoms with van der Waals surface area (Å²) in [6.45, 7) is 0.634. The molecule has 0 bridgehead atoms. The van der Waals surface area contributed by atoms with E-state index in [1.165, 1.54) is 29.7 Å². The predicted molar refractivity (Wildman–Crippen MR) is 96.0 cm³/mol. The van der Waals surface area contributed by atoms with Crippen molar-refractivity contribution in [3.8, 4) is 0 Å². The molecule has 4 rings (SSSR count). The number of carbonyl (C=O) groups excluding carboxylic acids is 2. The molecule has 2 amide bonds. The zero-order chi connectivity index (χ0) is 19.0. The van der Waals surface area contributed by atoms with Crippen LogP contribution in [0.3, 0.4) is 0 Å². The van der Waals surface area contributed by atoms with Crippen molar-refractivity contribution in [1.29, 1.82) is 0 Å². The molecule has 3 aromatic heterocycles. The van der Waals surface area contributed by atoms with Gasteiger partial charge in [0.05, 0.1) is 24.1 Å². The second-order valence-corrected chi connectivity index (χ2v) is 6.61. The van der Waals surface area contributed by atoms with Gasteiger partial charge in [0.2, 0.25) is 0 Å². The van der Waals surface area contributed by atoms with Crippen LogP contribution >= 0.6 is 0 Å². The van der Waals surface area contributed by atoms with Gasteiger partial charge in [0, 0.05) is 39.2 Å². The number of carbonyl (C=O) groups is 2. The Kier molecular flexibility index (Phi) is 4.27. The third kappa shape index (κ3) is 2.90. The Bertz CT molecular complexity index is 999. The SMILES string of the molecule is CN(C)C(=O)c1cnn2c([C@H]3CCCN3C(=O)c3cnccn3)ccnc12. The van der Waals surface area contributed by atoms with E-state index in [9.17, 15) is 9.59 Å². The summed E-state index contributed by atoms with van der Waals surface area (Å²) in [7, 11) is 3.38. The average Bonchev–Trinajstić information content (AvgIpc) is 3.34. The Morgan fingerprint density at radius 3 is 2.74 bits per heavy atom. The van der Waals surface area contributed by atoms with Gasteiger partial charge >= 0.3 is 0 Å². The molecule has 1 aliphatic heterocycles. The van der Waals surface area contributed by atoms with Crippen LogP contribution in [0.15, 0.2) is 37.1 Å². The molecule has 9 nitrogen and oxygen atoms in total. The van der Waals surface area contributed by atoms with E-state index in [1.807, 2.05) is 6.07 Å². The maximum Gasteiger partial charge on any atom is 0.274 e. The van der Waals surface area contributed by atoms with Gasteiger partial charge in [-0.3, -0.25) is 14.6 Å². The lowest BCUT2D eigenvalue weighted by Crippen LogP contribution is -2.32. The molecule has 0 aliphatic carbocycles. The molecule has 0 spiro atoms. The molecule has 0 aromatic carbocycles. The molecular formula is C18H19N7O2. The number of hydrogen-bond donors (Lipinski definition) is 0. The molecular weight excluding hydrogens is 346 g/mol. The van der Waals surface area contributed by atoms with E-state index in [-0.39, 0.29) is 17.9 Å². The summed E-state index contributed by atoms with van der Waals surface area (Å²) in [4.78, 5) is 41.0. The Balaban J connectivity index is 1.73. The van der Waals surface area contributed by atoms with Gasteiger partial charge < -0.3 is 9.80 Å². The first-order valence-corrected chi connectivity index (χ1v) is 8.69. The molecule has 27 heavy (non-hydrogen) atoms. The number of rotatable bonds is 3. The van der Waals surface area contributed by atoms with Crippen molar-refractivity contribution in [1.82, 2.24) is 34.4 Å². The van der Waals surface area contributed by atoms with Gasteiger partial charge in [-0.25, -0.2) is 14.5 Å². The highest BCUT2D eigenvalue weighted by Gasteiger charge is 2.33. The number of nitrogens with zero attached hydrogens (tertiary/aromatic N) is 7. The molecule has 0 radical (unpaired) electrons. The van der Waals surface area contributed by atoms with Gasteiger partial charge in [0.15, 0.2) is 5.65 Å². The van der Waals surface area contributed by atoms with Crippen molar-refractivity contribution in [2.45, 2.75) is 18.9 Å². The largest absolute Gasteiger partial charge is 0.345 e. The second-order valence-electron chi connectivity index (χ2n) is 6.61. The highest BCUT2D eigenvalue weighted by Crippen LogP contribution is 2.33. The fraction of sp³-hybridized carbons (Fsp3) is 0.333. The van der Waals surface area contributed by atoms with Crippen LogP contribution in [0.1, 0.15) is 45.4 Å². The summed E-state index contributed by atoms with van der Waals surface area (Å²) in [5.41, 5.74) is 2.07. The van der Waals surface area contributed by atoms with Gasteiger partial charge in [0.1, 0.15) is 11.3 Å². The van der Waals surface area contributed by atoms with Gasteiger partial charge in [0.25, 0.3) is 11.8 Å². The smallest absolute Gasteiger partial charge is 0.274 e. The van der Waals surface area contributed by atoms with Crippen molar-refractivity contribution >= 4 is 17.5 Å². The fourth-order valence-corrected chi connectivity index (χ4v) is 3.43. The number of fused-ring (bicyclic) bond motifs is 1. The van der Waals surface area contributed by atoms with E-state index in [0.717, 1.165) is 18.5 Å². The first-order chi connectivity index (χ1) is 13.1. The van der Waals surface area contributed by atoms with Crippen LogP contribution in [0.4, 0.5) is 0 Å². The fourth-order valence-electron chi connectivity index (χ4n) is 3.43. The van der Waals surface area contributed by atoms with Gasteiger partial charge in [-0.15, -0.1) is 0 Å². The lowest BCUT2D eigenvalue weighted by atomic mass is 10.1. The molecule has 1 aliphatic rings. The summed E-state index contributed by atoms with van der Waals surface area (Å²) < 4.78 is 1.66. The normalized spacial score (nSPS) is 16.7. The van der Waals surface area contributed by atoms with E-state index in [0.29, 0.717) is 23.4 Å². The van der Waals surface area contributed by atoms with Crippen LogP contribution in [0.2, 0.25) is 0 Å². The third-order valence-corrected chi connectivity index (χ3v) is 4.70. The summed E-state index contributed by atoms with van der Waals surface area (Å²) in [5.74, 6) is -0.319. The molecule has 0 unspecified atom stereocenters. The van der Waals surface area contributed by atoms with Gasteiger partial charge in [-0.2, -0.15) is 5.10 Å². The predicted octanol–water partition coefficient (Wildman–Crippen LogP) is 1.20. The first kappa shape index (κ1) is 17.1. The third-order valence-electron chi connectivity index (χ3n) is 4.70. The van der Waals surface area contributed by atoms with Crippen molar-refractivity contribution in [2.24, 2.45) is 0 Å². The molecule has 4 heterocycles. The molecule has 0 saturated carbocycles. The Labute approximate surface area is 155 Å². The second kappa shape index (κ2) is 6.75. The molecule has 3 aromatic rings. The summed E-state index contributed by atoms with van der Waals surface area (Å²) >= 11 is 0. The minimum absolute atomic E-state index is 0.159. The highest BCUT2D eigenvalue weighted by molar-refractivity contribution is 5.99. The van der Waals surface area contributed by atoms with Crippen LogP contribution in [-0.2, 0) is 0 Å². The highest BCUT2D eigenvalue weighted by atomic mass is 16.2. The zero-order valence-electron chi connectivity index (χ0n) is 15.1. The maximum atomic E-state index is 12.9. The van der Waals surface area contributed by atoms with Crippen molar-refractivity contribution in [2.75, 3.05) is 20.6 Å². The topological polar surface area (TPSA) is 96.6 Å². The number of aromatic nitrogens is 5. The van der Waals surface area contributed by atoms with E-state index >= 15 is 0 Å². The molecule has 0 N–H and O–H groups in total. The van der Waals surface area contributed by atoms with Crippen LogP contribution in [0, 0.1) is 0 Å². The Hall–Kier alpha value is -3.36. The minimum Gasteiger partial charge on any atom is -0.345 e. The number of amides is 2. The van der Waals surface area contributed by atoms with E-state index < -0.39 is 0 Å². The first-order valence-electron chi connectivity index (χ1n) is 8.69. The summed E-state index contributed by atoms with van der Waals surface area (Å²) in [6.07, 6.45) is 9.39. The van der Waals surface area contributed by atoms with Crippen LogP contribution < -0.4 is 0 Å². The molecule has 1 atom stereocenters. The van der Waals surface area contributed by atoms with E-state index in [2.05, 4.69) is 20.1 Å². The summed E-state index contributed by atoms with van der Waals surface area (Å²) in [5, 5.41) is 4.37.